The van der Waals surface area contributed by atoms with E-state index in [4.69, 9.17) is 5.11 Å². The summed E-state index contributed by atoms with van der Waals surface area (Å²) >= 11 is 8.46. The van der Waals surface area contributed by atoms with Crippen molar-refractivity contribution >= 4 is 59.4 Å². The number of hydrogen-bond acceptors (Lipinski definition) is 3. The summed E-state index contributed by atoms with van der Waals surface area (Å²) < 4.78 is -1.57. The van der Waals surface area contributed by atoms with Crippen molar-refractivity contribution in [1.82, 2.24) is 0 Å². The minimum atomic E-state index is -1.47. The Balaban J connectivity index is 3.24. The summed E-state index contributed by atoms with van der Waals surface area (Å²) in [7, 11) is 0. The van der Waals surface area contributed by atoms with E-state index in [1.54, 1.807) is 0 Å². The normalized spacial score (nSPS) is 23.2. The highest BCUT2D eigenvalue weighted by molar-refractivity contribution is 9.26. The molecule has 0 spiro atoms. The zero-order valence-corrected chi connectivity index (χ0v) is 9.66. The van der Waals surface area contributed by atoms with Gasteiger partial charge < -0.3 is 5.11 Å². The molecule has 6 heteroatoms. The molecule has 0 bridgehead atoms. The van der Waals surface area contributed by atoms with E-state index >= 15 is 0 Å². The Kier molecular flexibility index (Phi) is 2.28. The monoisotopic (exact) mass is 346 g/mol. The number of carbonyl (C=O) groups is 2. The van der Waals surface area contributed by atoms with E-state index in [9.17, 15) is 9.59 Å². The van der Waals surface area contributed by atoms with Crippen LogP contribution >= 0.6 is 47.8 Å². The number of alkyl halides is 2. The fraction of sp³-hybridized carbons (Fsp3) is 0.200. The number of rotatable bonds is 0. The first-order valence-electron chi connectivity index (χ1n) is 2.45. The predicted molar refractivity (Wildman–Crippen MR) is 49.2 cm³/mol. The average molecular weight is 349 g/mol. The van der Waals surface area contributed by atoms with Gasteiger partial charge in [-0.3, -0.25) is 9.59 Å². The van der Waals surface area contributed by atoms with Crippen LogP contribution in [0.25, 0.3) is 0 Å². The van der Waals surface area contributed by atoms with Gasteiger partial charge in [0.05, 0.1) is 0 Å². The molecule has 0 aromatic rings. The summed E-state index contributed by atoms with van der Waals surface area (Å²) in [4.78, 5) is 22.1. The van der Waals surface area contributed by atoms with Gasteiger partial charge in [-0.15, -0.1) is 0 Å². The minimum Gasteiger partial charge on any atom is -0.503 e. The Morgan fingerprint density at radius 3 is 1.73 bits per heavy atom. The number of ketones is 2. The van der Waals surface area contributed by atoms with Crippen LogP contribution in [-0.2, 0) is 9.59 Å². The molecule has 0 fully saturated rings. The van der Waals surface area contributed by atoms with Gasteiger partial charge >= 0.3 is 0 Å². The van der Waals surface area contributed by atoms with Crippen LogP contribution in [0.1, 0.15) is 0 Å². The molecule has 0 heterocycles. The molecular weight excluding hydrogens is 348 g/mol. The van der Waals surface area contributed by atoms with Gasteiger partial charge in [0, 0.05) is 0 Å². The summed E-state index contributed by atoms with van der Waals surface area (Å²) in [5.74, 6) is -1.77. The molecule has 1 rings (SSSR count). The zero-order chi connectivity index (χ0) is 8.81. The lowest BCUT2D eigenvalue weighted by Gasteiger charge is -2.06. The van der Waals surface area contributed by atoms with E-state index in [0.29, 0.717) is 0 Å². The number of allylic oxidation sites excluding steroid dienone is 2. The molecule has 1 aliphatic rings. The predicted octanol–water partition coefficient (Wildman–Crippen LogP) is 1.79. The smallest absolute Gasteiger partial charge is 0.233 e. The van der Waals surface area contributed by atoms with Crippen LogP contribution in [0.3, 0.4) is 0 Å². The summed E-state index contributed by atoms with van der Waals surface area (Å²) in [6.45, 7) is 0. The third-order valence-electron chi connectivity index (χ3n) is 1.19. The van der Waals surface area contributed by atoms with Gasteiger partial charge in [0.15, 0.2) is 5.76 Å². The van der Waals surface area contributed by atoms with Crippen molar-refractivity contribution in [1.29, 1.82) is 0 Å². The summed E-state index contributed by atoms with van der Waals surface area (Å²) in [6, 6.07) is 0. The Labute approximate surface area is 87.2 Å². The van der Waals surface area contributed by atoms with Crippen LogP contribution in [0.2, 0.25) is 0 Å². The number of aliphatic hydroxyl groups excluding tert-OH is 1. The van der Waals surface area contributed by atoms with Crippen LogP contribution in [0.4, 0.5) is 0 Å². The number of hydrogen-bond donors (Lipinski definition) is 1. The third-order valence-corrected chi connectivity index (χ3v) is 3.37. The summed E-state index contributed by atoms with van der Waals surface area (Å²) in [5, 5.41) is 8.97. The van der Waals surface area contributed by atoms with E-state index in [2.05, 4.69) is 47.8 Å². The average Bonchev–Trinajstić information content (AvgIpc) is 2.06. The first-order valence-corrected chi connectivity index (χ1v) is 4.83. The van der Waals surface area contributed by atoms with Crippen LogP contribution in [0.5, 0.6) is 0 Å². The molecular formula is C5HBr3O3. The van der Waals surface area contributed by atoms with Crippen LogP contribution in [-0.4, -0.2) is 19.9 Å². The lowest BCUT2D eigenvalue weighted by molar-refractivity contribution is -0.121. The lowest BCUT2D eigenvalue weighted by atomic mass is 10.3. The lowest BCUT2D eigenvalue weighted by Crippen LogP contribution is -2.28. The van der Waals surface area contributed by atoms with Gasteiger partial charge in [-0.2, -0.15) is 0 Å². The fourth-order valence-corrected chi connectivity index (χ4v) is 2.38. The SMILES string of the molecule is O=C1C(O)=C(Br)C(=O)C1(Br)Br. The van der Waals surface area contributed by atoms with E-state index in [1.807, 2.05) is 0 Å². The van der Waals surface area contributed by atoms with Gasteiger partial charge in [-0.05, 0) is 15.9 Å². The van der Waals surface area contributed by atoms with Crippen molar-refractivity contribution in [2.45, 2.75) is 3.23 Å². The molecule has 0 saturated heterocycles. The van der Waals surface area contributed by atoms with E-state index in [-0.39, 0.29) is 4.48 Å². The molecule has 1 aliphatic carbocycles. The van der Waals surface area contributed by atoms with Crippen molar-refractivity contribution in [2.24, 2.45) is 0 Å². The molecule has 60 valence electrons. The maximum absolute atomic E-state index is 11.1. The minimum absolute atomic E-state index is 0.101. The molecule has 0 amide bonds. The van der Waals surface area contributed by atoms with Gasteiger partial charge in [0.2, 0.25) is 14.8 Å². The van der Waals surface area contributed by atoms with Crippen LogP contribution in [0, 0.1) is 0 Å². The summed E-state index contributed by atoms with van der Waals surface area (Å²) in [6.07, 6.45) is 0. The van der Waals surface area contributed by atoms with Crippen molar-refractivity contribution in [3.63, 3.8) is 0 Å². The molecule has 11 heavy (non-hydrogen) atoms. The second kappa shape index (κ2) is 2.67. The van der Waals surface area contributed by atoms with Gasteiger partial charge in [-0.1, -0.05) is 31.9 Å². The third kappa shape index (κ3) is 1.21. The second-order valence-electron chi connectivity index (χ2n) is 1.90. The van der Waals surface area contributed by atoms with Crippen molar-refractivity contribution in [2.75, 3.05) is 0 Å². The largest absolute Gasteiger partial charge is 0.503 e. The Bertz CT molecular complexity index is 253. The van der Waals surface area contributed by atoms with E-state index in [0.717, 1.165) is 0 Å². The zero-order valence-electron chi connectivity index (χ0n) is 4.90. The van der Waals surface area contributed by atoms with Crippen molar-refractivity contribution < 1.29 is 14.7 Å². The fourth-order valence-electron chi connectivity index (χ4n) is 0.597. The maximum Gasteiger partial charge on any atom is 0.233 e. The van der Waals surface area contributed by atoms with Gasteiger partial charge in [0.25, 0.3) is 0 Å². The highest BCUT2D eigenvalue weighted by Gasteiger charge is 2.51. The van der Waals surface area contributed by atoms with Crippen molar-refractivity contribution in [3.05, 3.63) is 10.2 Å². The molecule has 0 aromatic heterocycles. The number of carbonyl (C=O) groups excluding carboxylic acids is 2. The molecule has 0 unspecified atom stereocenters. The second-order valence-corrected chi connectivity index (χ2v) is 6.13. The van der Waals surface area contributed by atoms with E-state index in [1.165, 1.54) is 0 Å². The standard InChI is InChI=1S/C5HBr3O3/c6-1-2(9)4(11)5(7,8)3(1)10/h9H. The van der Waals surface area contributed by atoms with Crippen LogP contribution in [0.15, 0.2) is 10.2 Å². The molecule has 1 N–H and O–H groups in total. The molecule has 0 aliphatic heterocycles. The molecule has 0 radical (unpaired) electrons. The maximum atomic E-state index is 11.1. The summed E-state index contributed by atoms with van der Waals surface area (Å²) in [5.41, 5.74) is 0. The number of Topliss-reactive ketones (excluding diaryl/α,β-unsaturated/α-hetero) is 2. The molecule has 0 atom stereocenters. The van der Waals surface area contributed by atoms with Gasteiger partial charge in [0.1, 0.15) is 4.48 Å². The Hall–Kier alpha value is 0.320. The quantitative estimate of drug-likeness (QED) is 0.536. The van der Waals surface area contributed by atoms with Crippen LogP contribution < -0.4 is 0 Å². The first kappa shape index (κ1) is 9.41. The van der Waals surface area contributed by atoms with Crippen molar-refractivity contribution in [3.8, 4) is 0 Å². The highest BCUT2D eigenvalue weighted by atomic mass is 79.9. The number of aliphatic hydroxyl groups is 1. The van der Waals surface area contributed by atoms with E-state index < -0.39 is 20.6 Å². The first-order chi connectivity index (χ1) is 4.89. The van der Waals surface area contributed by atoms with Gasteiger partial charge in [-0.25, -0.2) is 0 Å². The topological polar surface area (TPSA) is 54.4 Å². The Morgan fingerprint density at radius 1 is 1.18 bits per heavy atom. The highest BCUT2D eigenvalue weighted by Crippen LogP contribution is 2.41. The molecule has 3 nitrogen and oxygen atoms in total. The number of halogens is 3. The molecule has 0 saturated carbocycles. The molecule has 0 aromatic carbocycles. The Morgan fingerprint density at radius 2 is 1.64 bits per heavy atom.